The molecule has 0 spiro atoms. The molecule has 2 atom stereocenters. The minimum atomic E-state index is -0.268. The normalized spacial score (nSPS) is 20.1. The highest BCUT2D eigenvalue weighted by Gasteiger charge is 2.41. The zero-order valence-corrected chi connectivity index (χ0v) is 16.1. The summed E-state index contributed by atoms with van der Waals surface area (Å²) in [4.78, 5) is 0. The minimum Gasteiger partial charge on any atom is -0.497 e. The minimum absolute atomic E-state index is 0.0877. The first kappa shape index (κ1) is 17.1. The molecule has 2 aliphatic rings. The lowest BCUT2D eigenvalue weighted by Crippen LogP contribution is -2.33. The maximum Gasteiger partial charge on any atom is 0.213 e. The number of methoxy groups -OCH3 is 1. The van der Waals surface area contributed by atoms with Gasteiger partial charge in [0.15, 0.2) is 0 Å². The molecule has 5 heteroatoms. The van der Waals surface area contributed by atoms with Gasteiger partial charge in [-0.2, -0.15) is 5.10 Å². The number of hydrogen-bond donors (Lipinski definition) is 0. The Morgan fingerprint density at radius 3 is 2.57 bits per heavy atom. The molecule has 0 fully saturated rings. The third-order valence-electron chi connectivity index (χ3n) is 5.26. The zero-order valence-electron chi connectivity index (χ0n) is 15.4. The molecule has 5 rings (SSSR count). The van der Waals surface area contributed by atoms with Crippen molar-refractivity contribution in [2.75, 3.05) is 7.11 Å². The standard InChI is InChI=1S/C23H19ClN2O2/c1-27-18-10-7-15(8-11-18)20-14-21-19-13-17(24)9-12-22(19)28-23(26(21)25-20)16-5-3-2-4-6-16/h2-13,21,23H,14H2,1H3/t21-,23+/m0/s1. The lowest BCUT2D eigenvalue weighted by molar-refractivity contribution is -0.0190. The van der Waals surface area contributed by atoms with Gasteiger partial charge in [0, 0.05) is 22.6 Å². The van der Waals surface area contributed by atoms with Crippen molar-refractivity contribution < 1.29 is 9.47 Å². The number of hydrazone groups is 1. The second-order valence-corrected chi connectivity index (χ2v) is 7.37. The second kappa shape index (κ2) is 6.88. The molecule has 3 aromatic carbocycles. The topological polar surface area (TPSA) is 34.1 Å². The Balaban J connectivity index is 1.57. The number of nitrogens with zero attached hydrogens (tertiary/aromatic N) is 2. The van der Waals surface area contributed by atoms with Gasteiger partial charge in [-0.1, -0.05) is 41.9 Å². The van der Waals surface area contributed by atoms with Crippen LogP contribution < -0.4 is 9.47 Å². The van der Waals surface area contributed by atoms with Crippen molar-refractivity contribution in [3.05, 3.63) is 94.5 Å². The molecule has 0 aliphatic carbocycles. The van der Waals surface area contributed by atoms with E-state index in [4.69, 9.17) is 26.2 Å². The average Bonchev–Trinajstić information content (AvgIpc) is 3.20. The Bertz CT molecular complexity index is 1030. The third kappa shape index (κ3) is 2.90. The van der Waals surface area contributed by atoms with E-state index >= 15 is 0 Å². The summed E-state index contributed by atoms with van der Waals surface area (Å²) in [6.07, 6.45) is 0.530. The molecule has 0 radical (unpaired) electrons. The van der Waals surface area contributed by atoms with Crippen LogP contribution in [0.2, 0.25) is 5.02 Å². The molecular weight excluding hydrogens is 372 g/mol. The van der Waals surface area contributed by atoms with E-state index in [-0.39, 0.29) is 12.3 Å². The van der Waals surface area contributed by atoms with Crippen LogP contribution in [-0.4, -0.2) is 17.8 Å². The number of halogens is 1. The lowest BCUT2D eigenvalue weighted by atomic mass is 9.96. The average molecular weight is 391 g/mol. The van der Waals surface area contributed by atoms with Crippen LogP contribution in [0, 0.1) is 0 Å². The molecule has 28 heavy (non-hydrogen) atoms. The molecule has 4 nitrogen and oxygen atoms in total. The van der Waals surface area contributed by atoms with Crippen molar-refractivity contribution in [1.82, 2.24) is 5.01 Å². The zero-order chi connectivity index (χ0) is 19.1. The van der Waals surface area contributed by atoms with Gasteiger partial charge >= 0.3 is 0 Å². The molecular formula is C23H19ClN2O2. The highest BCUT2D eigenvalue weighted by atomic mass is 35.5. The number of rotatable bonds is 3. The van der Waals surface area contributed by atoms with Gasteiger partial charge in [-0.25, -0.2) is 5.01 Å². The van der Waals surface area contributed by atoms with Gasteiger partial charge in [0.05, 0.1) is 18.9 Å². The number of ether oxygens (including phenoxy) is 2. The quantitative estimate of drug-likeness (QED) is 0.584. The van der Waals surface area contributed by atoms with Crippen molar-refractivity contribution in [1.29, 1.82) is 0 Å². The maximum atomic E-state index is 6.35. The molecule has 0 bridgehead atoms. The Morgan fingerprint density at radius 2 is 1.82 bits per heavy atom. The van der Waals surface area contributed by atoms with Crippen LogP contribution in [0.15, 0.2) is 77.9 Å². The summed E-state index contributed by atoms with van der Waals surface area (Å²) in [5.74, 6) is 1.70. The van der Waals surface area contributed by atoms with Gasteiger partial charge in [-0.15, -0.1) is 0 Å². The fraction of sp³-hybridized carbons (Fsp3) is 0.174. The molecule has 140 valence electrons. The summed E-state index contributed by atoms with van der Waals surface area (Å²) in [5, 5.41) is 7.73. The van der Waals surface area contributed by atoms with E-state index in [9.17, 15) is 0 Å². The van der Waals surface area contributed by atoms with Gasteiger partial charge in [-0.3, -0.25) is 0 Å². The van der Waals surface area contributed by atoms with E-state index in [2.05, 4.69) is 17.1 Å². The Hall–Kier alpha value is -2.98. The highest BCUT2D eigenvalue weighted by Crippen LogP contribution is 2.48. The van der Waals surface area contributed by atoms with Gasteiger partial charge in [-0.05, 0) is 48.0 Å². The predicted molar refractivity (Wildman–Crippen MR) is 110 cm³/mol. The summed E-state index contributed by atoms with van der Waals surface area (Å²) in [6, 6.07) is 24.1. The summed E-state index contributed by atoms with van der Waals surface area (Å²) in [6.45, 7) is 0. The molecule has 0 saturated carbocycles. The van der Waals surface area contributed by atoms with E-state index in [1.54, 1.807) is 7.11 Å². The largest absolute Gasteiger partial charge is 0.497 e. The van der Waals surface area contributed by atoms with E-state index in [1.807, 2.05) is 60.7 Å². The Morgan fingerprint density at radius 1 is 1.04 bits per heavy atom. The number of hydrogen-bond acceptors (Lipinski definition) is 4. The molecule has 2 heterocycles. The van der Waals surface area contributed by atoms with Crippen molar-refractivity contribution in [3.63, 3.8) is 0 Å². The predicted octanol–water partition coefficient (Wildman–Crippen LogP) is 5.59. The van der Waals surface area contributed by atoms with Gasteiger partial charge in [0.1, 0.15) is 11.5 Å². The monoisotopic (exact) mass is 390 g/mol. The molecule has 0 unspecified atom stereocenters. The molecule has 0 N–H and O–H groups in total. The van der Waals surface area contributed by atoms with E-state index < -0.39 is 0 Å². The first-order valence-corrected chi connectivity index (χ1v) is 9.62. The molecule has 0 saturated heterocycles. The molecule has 0 aromatic heterocycles. The summed E-state index contributed by atoms with van der Waals surface area (Å²) in [5.41, 5.74) is 4.27. The van der Waals surface area contributed by atoms with Crippen LogP contribution in [0.3, 0.4) is 0 Å². The maximum absolute atomic E-state index is 6.35. The summed E-state index contributed by atoms with van der Waals surface area (Å²) < 4.78 is 11.6. The van der Waals surface area contributed by atoms with Crippen LogP contribution in [-0.2, 0) is 0 Å². The van der Waals surface area contributed by atoms with Crippen molar-refractivity contribution in [2.24, 2.45) is 5.10 Å². The molecule has 3 aromatic rings. The Labute approximate surface area is 169 Å². The van der Waals surface area contributed by atoms with Gasteiger partial charge in [0.2, 0.25) is 6.23 Å². The lowest BCUT2D eigenvalue weighted by Gasteiger charge is -2.38. The molecule has 0 amide bonds. The molecule has 2 aliphatic heterocycles. The number of benzene rings is 3. The third-order valence-corrected chi connectivity index (χ3v) is 5.49. The highest BCUT2D eigenvalue weighted by molar-refractivity contribution is 6.30. The summed E-state index contributed by atoms with van der Waals surface area (Å²) >= 11 is 6.28. The SMILES string of the molecule is COc1ccc(C2=NN3[C@@H](c4ccccc4)Oc4ccc(Cl)cc4[C@@H]3C2)cc1. The van der Waals surface area contributed by atoms with Crippen molar-refractivity contribution in [3.8, 4) is 11.5 Å². The van der Waals surface area contributed by atoms with E-state index in [0.717, 1.165) is 40.3 Å². The van der Waals surface area contributed by atoms with Crippen LogP contribution in [0.1, 0.15) is 35.4 Å². The van der Waals surface area contributed by atoms with E-state index in [0.29, 0.717) is 5.02 Å². The summed E-state index contributed by atoms with van der Waals surface area (Å²) in [7, 11) is 1.67. The van der Waals surface area contributed by atoms with E-state index in [1.165, 1.54) is 0 Å². The fourth-order valence-corrected chi connectivity index (χ4v) is 4.03. The Kier molecular flexibility index (Phi) is 4.21. The first-order valence-electron chi connectivity index (χ1n) is 9.24. The smallest absolute Gasteiger partial charge is 0.213 e. The van der Waals surface area contributed by atoms with Crippen LogP contribution >= 0.6 is 11.6 Å². The fourth-order valence-electron chi connectivity index (χ4n) is 3.85. The van der Waals surface area contributed by atoms with Crippen LogP contribution in [0.4, 0.5) is 0 Å². The van der Waals surface area contributed by atoms with Crippen molar-refractivity contribution >= 4 is 17.3 Å². The van der Waals surface area contributed by atoms with Gasteiger partial charge < -0.3 is 9.47 Å². The van der Waals surface area contributed by atoms with Crippen LogP contribution in [0.5, 0.6) is 11.5 Å². The number of fused-ring (bicyclic) bond motifs is 3. The first-order chi connectivity index (χ1) is 13.7. The van der Waals surface area contributed by atoms with Crippen molar-refractivity contribution in [2.45, 2.75) is 18.7 Å². The van der Waals surface area contributed by atoms with Gasteiger partial charge in [0.25, 0.3) is 0 Å². The van der Waals surface area contributed by atoms with Crippen LogP contribution in [0.25, 0.3) is 0 Å². The second-order valence-electron chi connectivity index (χ2n) is 6.94.